The molecular weight excluding hydrogens is 252 g/mol. The molecule has 118 valence electrons. The lowest BCUT2D eigenvalue weighted by Gasteiger charge is -2.19. The van der Waals surface area contributed by atoms with Crippen molar-refractivity contribution in [1.82, 2.24) is 0 Å². The topological polar surface area (TPSA) is 0 Å². The first kappa shape index (κ1) is 21.7. The van der Waals surface area contributed by atoms with Crippen molar-refractivity contribution in [2.45, 2.75) is 48.5 Å². The SMILES string of the molecule is C=C.C=C/C1=C(C)/C(C)=C(/C)C(C)/C=C\C=C/C1C.CC. The third kappa shape index (κ3) is 6.62. The van der Waals surface area contributed by atoms with E-state index in [0.29, 0.717) is 11.8 Å². The molecule has 0 spiro atoms. The van der Waals surface area contributed by atoms with Crippen molar-refractivity contribution in [3.63, 3.8) is 0 Å². The third-order valence-corrected chi connectivity index (χ3v) is 3.89. The zero-order valence-corrected chi connectivity index (χ0v) is 15.2. The Balaban J connectivity index is 0. The molecule has 0 aliphatic heterocycles. The summed E-state index contributed by atoms with van der Waals surface area (Å²) in [7, 11) is 0. The maximum Gasteiger partial charge on any atom is -0.000482 e. The summed E-state index contributed by atoms with van der Waals surface area (Å²) in [6.45, 7) is 25.1. The lowest BCUT2D eigenvalue weighted by atomic mass is 9.87. The summed E-state index contributed by atoms with van der Waals surface area (Å²) in [5, 5.41) is 0. The van der Waals surface area contributed by atoms with Crippen LogP contribution in [0.4, 0.5) is 0 Å². The molecule has 1 aliphatic carbocycles. The fourth-order valence-electron chi connectivity index (χ4n) is 2.24. The molecule has 1 aliphatic rings. The van der Waals surface area contributed by atoms with Gasteiger partial charge in [0.2, 0.25) is 0 Å². The smallest absolute Gasteiger partial charge is 0.000482 e. The van der Waals surface area contributed by atoms with E-state index < -0.39 is 0 Å². The van der Waals surface area contributed by atoms with Gasteiger partial charge in [-0.1, -0.05) is 70.2 Å². The lowest BCUT2D eigenvalue weighted by molar-refractivity contribution is 0.830. The Morgan fingerprint density at radius 1 is 0.857 bits per heavy atom. The van der Waals surface area contributed by atoms with Crippen molar-refractivity contribution in [2.24, 2.45) is 11.8 Å². The quantitative estimate of drug-likeness (QED) is 0.453. The van der Waals surface area contributed by atoms with Crippen LogP contribution in [0.25, 0.3) is 0 Å². The molecule has 1 rings (SSSR count). The van der Waals surface area contributed by atoms with Crippen LogP contribution in [0.1, 0.15) is 48.5 Å². The summed E-state index contributed by atoms with van der Waals surface area (Å²) in [6, 6.07) is 0. The normalized spacial score (nSPS) is 31.8. The Hall–Kier alpha value is -1.56. The highest BCUT2D eigenvalue weighted by Gasteiger charge is 2.11. The molecule has 0 heteroatoms. The lowest BCUT2D eigenvalue weighted by Crippen LogP contribution is -2.03. The van der Waals surface area contributed by atoms with E-state index in [2.05, 4.69) is 78.7 Å². The molecule has 0 radical (unpaired) electrons. The third-order valence-electron chi connectivity index (χ3n) is 3.89. The second-order valence-electron chi connectivity index (χ2n) is 4.94. The fourth-order valence-corrected chi connectivity index (χ4v) is 2.24. The van der Waals surface area contributed by atoms with E-state index in [1.165, 1.54) is 22.3 Å². The highest BCUT2D eigenvalue weighted by Crippen LogP contribution is 2.28. The van der Waals surface area contributed by atoms with Gasteiger partial charge in [0.15, 0.2) is 0 Å². The predicted octanol–water partition coefficient (Wildman–Crippen LogP) is 7.05. The Bertz CT molecular complexity index is 427. The first-order chi connectivity index (χ1) is 9.99. The standard InChI is InChI=1S/C17H24.C2H6.C2H4/c1-7-17-13(3)11-9-8-10-12(2)14(4)15(5)16(17)6;2*1-2/h7-13H,1H2,2-6H3;1-2H3;1-2H2/b10-8-,11-9-,15-14-,17-16-;;. The minimum atomic E-state index is 0.424. The van der Waals surface area contributed by atoms with E-state index in [1.54, 1.807) is 0 Å². The second-order valence-corrected chi connectivity index (χ2v) is 4.94. The van der Waals surface area contributed by atoms with E-state index in [1.807, 2.05) is 19.9 Å². The zero-order chi connectivity index (χ0) is 17.0. The average molecular weight is 287 g/mol. The molecule has 0 saturated carbocycles. The maximum absolute atomic E-state index is 3.96. The van der Waals surface area contributed by atoms with Crippen LogP contribution in [0.15, 0.2) is 72.4 Å². The molecule has 0 amide bonds. The number of hydrogen-bond acceptors (Lipinski definition) is 0. The summed E-state index contributed by atoms with van der Waals surface area (Å²) in [5.41, 5.74) is 5.55. The minimum Gasteiger partial charge on any atom is -0.106 e. The van der Waals surface area contributed by atoms with E-state index in [4.69, 9.17) is 0 Å². The molecule has 0 heterocycles. The molecule has 0 fully saturated rings. The summed E-state index contributed by atoms with van der Waals surface area (Å²) < 4.78 is 0. The molecular formula is C21H34. The van der Waals surface area contributed by atoms with Gasteiger partial charge in [-0.05, 0) is 49.3 Å². The van der Waals surface area contributed by atoms with Crippen molar-refractivity contribution >= 4 is 0 Å². The zero-order valence-electron chi connectivity index (χ0n) is 15.2. The van der Waals surface area contributed by atoms with E-state index in [-0.39, 0.29) is 0 Å². The van der Waals surface area contributed by atoms with Crippen LogP contribution >= 0.6 is 0 Å². The monoisotopic (exact) mass is 286 g/mol. The van der Waals surface area contributed by atoms with Crippen LogP contribution in [0.3, 0.4) is 0 Å². The van der Waals surface area contributed by atoms with Gasteiger partial charge in [-0.3, -0.25) is 0 Å². The largest absolute Gasteiger partial charge is 0.106 e. The number of allylic oxidation sites excluding steroid dienone is 9. The van der Waals surface area contributed by atoms with Gasteiger partial charge in [0, 0.05) is 0 Å². The van der Waals surface area contributed by atoms with Gasteiger partial charge in [-0.25, -0.2) is 0 Å². The van der Waals surface area contributed by atoms with Crippen LogP contribution in [0.2, 0.25) is 0 Å². The van der Waals surface area contributed by atoms with Crippen molar-refractivity contribution in [3.8, 4) is 0 Å². The molecule has 2 atom stereocenters. The van der Waals surface area contributed by atoms with Crippen LogP contribution < -0.4 is 0 Å². The molecule has 0 aromatic carbocycles. The molecule has 0 saturated heterocycles. The average Bonchev–Trinajstić information content (AvgIpc) is 2.53. The summed E-state index contributed by atoms with van der Waals surface area (Å²) >= 11 is 0. The maximum atomic E-state index is 3.96. The second kappa shape index (κ2) is 12.2. The Morgan fingerprint density at radius 3 is 1.71 bits per heavy atom. The predicted molar refractivity (Wildman–Crippen MR) is 100 cm³/mol. The van der Waals surface area contributed by atoms with Gasteiger partial charge in [0.05, 0.1) is 0 Å². The summed E-state index contributed by atoms with van der Waals surface area (Å²) in [6.07, 6.45) is 10.8. The van der Waals surface area contributed by atoms with Gasteiger partial charge < -0.3 is 0 Å². The molecule has 0 bridgehead atoms. The molecule has 0 nitrogen and oxygen atoms in total. The fraction of sp³-hybridized carbons (Fsp3) is 0.429. The van der Waals surface area contributed by atoms with E-state index in [9.17, 15) is 0 Å². The van der Waals surface area contributed by atoms with Crippen LogP contribution in [0.5, 0.6) is 0 Å². The summed E-state index contributed by atoms with van der Waals surface area (Å²) in [4.78, 5) is 0. The molecule has 0 aromatic rings. The highest BCUT2D eigenvalue weighted by atomic mass is 14.2. The number of rotatable bonds is 1. The number of hydrogen-bond donors (Lipinski definition) is 0. The molecule has 2 unspecified atom stereocenters. The molecule has 21 heavy (non-hydrogen) atoms. The van der Waals surface area contributed by atoms with Gasteiger partial charge >= 0.3 is 0 Å². The van der Waals surface area contributed by atoms with E-state index in [0.717, 1.165) is 0 Å². The molecule has 0 aromatic heterocycles. The Morgan fingerprint density at radius 2 is 1.29 bits per heavy atom. The van der Waals surface area contributed by atoms with Crippen LogP contribution in [-0.2, 0) is 0 Å². The summed E-state index contributed by atoms with van der Waals surface area (Å²) in [5.74, 6) is 0.919. The first-order valence-electron chi connectivity index (χ1n) is 7.85. The van der Waals surface area contributed by atoms with Crippen LogP contribution in [-0.4, -0.2) is 0 Å². The van der Waals surface area contributed by atoms with Gasteiger partial charge in [-0.2, -0.15) is 0 Å². The van der Waals surface area contributed by atoms with Crippen molar-refractivity contribution < 1.29 is 0 Å². The van der Waals surface area contributed by atoms with E-state index >= 15 is 0 Å². The van der Waals surface area contributed by atoms with Gasteiger partial charge in [0.25, 0.3) is 0 Å². The minimum absolute atomic E-state index is 0.424. The highest BCUT2D eigenvalue weighted by molar-refractivity contribution is 5.43. The van der Waals surface area contributed by atoms with Crippen molar-refractivity contribution in [1.29, 1.82) is 0 Å². The van der Waals surface area contributed by atoms with Crippen molar-refractivity contribution in [3.05, 3.63) is 72.4 Å². The van der Waals surface area contributed by atoms with Gasteiger partial charge in [0.1, 0.15) is 0 Å². The van der Waals surface area contributed by atoms with Gasteiger partial charge in [-0.15, -0.1) is 13.2 Å². The molecule has 0 N–H and O–H groups in total. The van der Waals surface area contributed by atoms with Crippen LogP contribution in [0, 0.1) is 11.8 Å². The first-order valence-corrected chi connectivity index (χ1v) is 7.85. The Kier molecular flexibility index (Phi) is 12.6. The van der Waals surface area contributed by atoms with Crippen molar-refractivity contribution in [2.75, 3.05) is 0 Å². The Labute approximate surface area is 133 Å².